The lowest BCUT2D eigenvalue weighted by molar-refractivity contribution is -0.119. The Morgan fingerprint density at radius 1 is 1.53 bits per heavy atom. The Labute approximate surface area is 108 Å². The number of carbonyl (C=O) groups excluding carboxylic acids is 1. The summed E-state index contributed by atoms with van der Waals surface area (Å²) in [6.07, 6.45) is 0. The van der Waals surface area contributed by atoms with E-state index >= 15 is 0 Å². The van der Waals surface area contributed by atoms with E-state index in [1.165, 1.54) is 0 Å². The monoisotopic (exact) mass is 257 g/mol. The third kappa shape index (κ3) is 5.44. The molecule has 1 saturated heterocycles. The maximum Gasteiger partial charge on any atom is 0.241 e. The third-order valence-corrected chi connectivity index (χ3v) is 3.63. The van der Waals surface area contributed by atoms with Crippen LogP contribution in [0.15, 0.2) is 4.99 Å². The van der Waals surface area contributed by atoms with Gasteiger partial charge in [0.2, 0.25) is 5.91 Å². The van der Waals surface area contributed by atoms with Crippen molar-refractivity contribution in [3.63, 3.8) is 0 Å². The topological polar surface area (TPSA) is 53.5 Å². The van der Waals surface area contributed by atoms with Gasteiger partial charge in [0.25, 0.3) is 0 Å². The van der Waals surface area contributed by atoms with E-state index in [-0.39, 0.29) is 12.5 Å². The molecule has 98 valence electrons. The summed E-state index contributed by atoms with van der Waals surface area (Å²) in [5.41, 5.74) is 0. The molecule has 1 amide bonds. The predicted molar refractivity (Wildman–Crippen MR) is 74.4 cm³/mol. The minimum absolute atomic E-state index is 0.00148. The molecule has 0 aliphatic carbocycles. The lowest BCUT2D eigenvalue weighted by Crippen LogP contribution is -2.33. The van der Waals surface area contributed by atoms with Crippen molar-refractivity contribution in [2.24, 2.45) is 16.8 Å². The van der Waals surface area contributed by atoms with Gasteiger partial charge in [-0.2, -0.15) is 0 Å². The minimum atomic E-state index is 0.00148. The molecule has 1 aliphatic heterocycles. The first kappa shape index (κ1) is 14.4. The maximum atomic E-state index is 11.5. The second kappa shape index (κ2) is 6.89. The van der Waals surface area contributed by atoms with E-state index in [1.54, 1.807) is 11.8 Å². The zero-order chi connectivity index (χ0) is 12.8. The van der Waals surface area contributed by atoms with Crippen molar-refractivity contribution in [1.82, 2.24) is 10.6 Å². The normalized spacial score (nSPS) is 22.2. The Hall–Kier alpha value is -0.710. The minimum Gasteiger partial charge on any atom is -0.361 e. The van der Waals surface area contributed by atoms with Gasteiger partial charge in [-0.3, -0.25) is 9.79 Å². The van der Waals surface area contributed by atoms with Crippen LogP contribution in [0.3, 0.4) is 0 Å². The largest absolute Gasteiger partial charge is 0.361 e. The Morgan fingerprint density at radius 3 is 2.76 bits per heavy atom. The predicted octanol–water partition coefficient (Wildman–Crippen LogP) is 1.48. The molecule has 1 aliphatic rings. The molecule has 1 rings (SSSR count). The molecule has 0 aromatic carbocycles. The van der Waals surface area contributed by atoms with Crippen molar-refractivity contribution >= 4 is 22.8 Å². The number of hydrogen-bond acceptors (Lipinski definition) is 3. The van der Waals surface area contributed by atoms with Crippen molar-refractivity contribution in [1.29, 1.82) is 0 Å². The van der Waals surface area contributed by atoms with Crippen LogP contribution in [0.2, 0.25) is 0 Å². The van der Waals surface area contributed by atoms with Crippen molar-refractivity contribution in [3.8, 4) is 0 Å². The second-order valence-corrected chi connectivity index (χ2v) is 6.13. The highest BCUT2D eigenvalue weighted by Gasteiger charge is 2.22. The van der Waals surface area contributed by atoms with Gasteiger partial charge in [0.05, 0.1) is 0 Å². The Bertz CT molecular complexity index is 289. The van der Waals surface area contributed by atoms with Gasteiger partial charge in [-0.05, 0) is 11.8 Å². The van der Waals surface area contributed by atoms with Crippen LogP contribution in [0.4, 0.5) is 0 Å². The zero-order valence-electron chi connectivity index (χ0n) is 11.1. The molecule has 0 aromatic heterocycles. The fraction of sp³-hybridized carbons (Fsp3) is 0.833. The number of nitrogens with zero attached hydrogens (tertiary/aromatic N) is 1. The van der Waals surface area contributed by atoms with Crippen molar-refractivity contribution in [2.45, 2.75) is 33.7 Å². The molecular formula is C12H23N3OS. The van der Waals surface area contributed by atoms with Crippen molar-refractivity contribution in [3.05, 3.63) is 0 Å². The van der Waals surface area contributed by atoms with E-state index in [1.807, 2.05) is 0 Å². The van der Waals surface area contributed by atoms with Gasteiger partial charge in [-0.1, -0.05) is 39.5 Å². The van der Waals surface area contributed by atoms with Gasteiger partial charge >= 0.3 is 0 Å². The number of amides is 1. The molecule has 0 spiro atoms. The molecule has 1 fully saturated rings. The summed E-state index contributed by atoms with van der Waals surface area (Å²) < 4.78 is 0. The van der Waals surface area contributed by atoms with Gasteiger partial charge in [0.1, 0.15) is 6.54 Å². The SMILES string of the molecule is CC(C)CNC(=O)CN=C1N[C@@H](C(C)C)CS1. The fourth-order valence-electron chi connectivity index (χ4n) is 1.38. The maximum absolute atomic E-state index is 11.5. The molecule has 0 bridgehead atoms. The standard InChI is InChI=1S/C12H23N3OS/c1-8(2)5-13-11(16)6-14-12-15-10(7-17-12)9(3)4/h8-10H,5-7H2,1-4H3,(H,13,16)(H,14,15)/t10-/m1/s1. The second-order valence-electron chi connectivity index (χ2n) is 5.13. The van der Waals surface area contributed by atoms with Crippen LogP contribution in [0.5, 0.6) is 0 Å². The first-order chi connectivity index (χ1) is 7.99. The molecule has 1 heterocycles. The van der Waals surface area contributed by atoms with Crippen LogP contribution in [-0.4, -0.2) is 36.0 Å². The molecule has 0 unspecified atom stereocenters. The number of carbonyl (C=O) groups is 1. The summed E-state index contributed by atoms with van der Waals surface area (Å²) in [5, 5.41) is 7.11. The lowest BCUT2D eigenvalue weighted by atomic mass is 10.1. The number of amidine groups is 1. The van der Waals surface area contributed by atoms with Gasteiger partial charge in [0, 0.05) is 18.3 Å². The molecule has 17 heavy (non-hydrogen) atoms. The quantitative estimate of drug-likeness (QED) is 0.784. The summed E-state index contributed by atoms with van der Waals surface area (Å²) in [6.45, 7) is 9.49. The van der Waals surface area contributed by atoms with Gasteiger partial charge in [0.15, 0.2) is 5.17 Å². The number of aliphatic imine (C=N–C) groups is 1. The number of hydrogen-bond donors (Lipinski definition) is 2. The lowest BCUT2D eigenvalue weighted by Gasteiger charge is -2.13. The molecule has 0 saturated carbocycles. The molecule has 0 aromatic rings. The molecule has 0 radical (unpaired) electrons. The van der Waals surface area contributed by atoms with Crippen LogP contribution in [0.25, 0.3) is 0 Å². The summed E-state index contributed by atoms with van der Waals surface area (Å²) in [7, 11) is 0. The summed E-state index contributed by atoms with van der Waals surface area (Å²) in [6, 6.07) is 0.484. The highest BCUT2D eigenvalue weighted by molar-refractivity contribution is 8.14. The zero-order valence-corrected chi connectivity index (χ0v) is 11.9. The Morgan fingerprint density at radius 2 is 2.24 bits per heavy atom. The van der Waals surface area contributed by atoms with Crippen molar-refractivity contribution in [2.75, 3.05) is 18.8 Å². The van der Waals surface area contributed by atoms with E-state index in [2.05, 4.69) is 43.3 Å². The van der Waals surface area contributed by atoms with Gasteiger partial charge in [-0.25, -0.2) is 0 Å². The highest BCUT2D eigenvalue weighted by atomic mass is 32.2. The third-order valence-electron chi connectivity index (χ3n) is 2.59. The first-order valence-corrected chi connectivity index (χ1v) is 7.18. The van der Waals surface area contributed by atoms with Crippen LogP contribution in [-0.2, 0) is 4.79 Å². The van der Waals surface area contributed by atoms with Crippen molar-refractivity contribution < 1.29 is 4.79 Å². The van der Waals surface area contributed by atoms with Crippen LogP contribution in [0, 0.1) is 11.8 Å². The smallest absolute Gasteiger partial charge is 0.241 e. The van der Waals surface area contributed by atoms with E-state index in [0.717, 1.165) is 17.5 Å². The molecule has 4 nitrogen and oxygen atoms in total. The summed E-state index contributed by atoms with van der Waals surface area (Å²) in [5.74, 6) is 2.13. The molecular weight excluding hydrogens is 234 g/mol. The Balaban J connectivity index is 2.27. The molecule has 1 atom stereocenters. The average molecular weight is 257 g/mol. The number of rotatable bonds is 5. The van der Waals surface area contributed by atoms with E-state index in [9.17, 15) is 4.79 Å². The van der Waals surface area contributed by atoms with Gasteiger partial charge in [-0.15, -0.1) is 0 Å². The van der Waals surface area contributed by atoms with E-state index < -0.39 is 0 Å². The van der Waals surface area contributed by atoms with Gasteiger partial charge < -0.3 is 10.6 Å². The Kier molecular flexibility index (Phi) is 5.82. The highest BCUT2D eigenvalue weighted by Crippen LogP contribution is 2.18. The van der Waals surface area contributed by atoms with E-state index in [0.29, 0.717) is 17.9 Å². The first-order valence-electron chi connectivity index (χ1n) is 6.19. The molecule has 5 heteroatoms. The van der Waals surface area contributed by atoms with Crippen LogP contribution < -0.4 is 10.6 Å². The van der Waals surface area contributed by atoms with Crippen LogP contribution >= 0.6 is 11.8 Å². The number of nitrogens with one attached hydrogen (secondary N) is 2. The van der Waals surface area contributed by atoms with Crippen LogP contribution in [0.1, 0.15) is 27.7 Å². The van der Waals surface area contributed by atoms with E-state index in [4.69, 9.17) is 0 Å². The summed E-state index contributed by atoms with van der Waals surface area (Å²) in [4.78, 5) is 15.8. The fourth-order valence-corrected chi connectivity index (χ4v) is 2.57. The average Bonchev–Trinajstić information content (AvgIpc) is 2.72. The molecule has 2 N–H and O–H groups in total. The number of thioether (sulfide) groups is 1. The summed E-state index contributed by atoms with van der Waals surface area (Å²) >= 11 is 1.70.